The zero-order valence-corrected chi connectivity index (χ0v) is 5.37. The summed E-state index contributed by atoms with van der Waals surface area (Å²) in [4.78, 5) is 0. The number of aryl methyl sites for hydroxylation is 1. The molecule has 0 aromatic carbocycles. The molecule has 0 aliphatic rings. The van der Waals surface area contributed by atoms with Crippen LogP contribution in [0.15, 0.2) is 0 Å². The van der Waals surface area contributed by atoms with Gasteiger partial charge in [0, 0.05) is 0 Å². The Hall–Kier alpha value is -1.04. The van der Waals surface area contributed by atoms with E-state index in [1.54, 1.807) is 0 Å². The average Bonchev–Trinajstić information content (AvgIpc) is 2.36. The van der Waals surface area contributed by atoms with Crippen LogP contribution in [0.1, 0.15) is 5.82 Å². The van der Waals surface area contributed by atoms with Gasteiger partial charge in [0.1, 0.15) is 6.67 Å². The number of nitrogens with two attached hydrogens (primary N) is 1. The lowest BCUT2D eigenvalue weighted by molar-refractivity contribution is 0.415. The van der Waals surface area contributed by atoms with Gasteiger partial charge in [0.05, 0.1) is 13.1 Å². The van der Waals surface area contributed by atoms with Crippen molar-refractivity contribution in [1.29, 1.82) is 0 Å². The molecule has 0 saturated carbocycles. The molecule has 0 aliphatic heterocycles. The molecular formula is C4H8FN5. The maximum Gasteiger partial charge on any atom is 0.164 e. The van der Waals surface area contributed by atoms with Crippen LogP contribution in [0, 0.1) is 0 Å². The predicted molar refractivity (Wildman–Crippen MR) is 31.7 cm³/mol. The summed E-state index contributed by atoms with van der Waals surface area (Å²) >= 11 is 0. The van der Waals surface area contributed by atoms with E-state index in [0.717, 1.165) is 0 Å². The van der Waals surface area contributed by atoms with E-state index in [0.29, 0.717) is 5.82 Å². The molecule has 0 radical (unpaired) electrons. The van der Waals surface area contributed by atoms with Crippen LogP contribution in [0.2, 0.25) is 0 Å². The highest BCUT2D eigenvalue weighted by Crippen LogP contribution is 1.88. The van der Waals surface area contributed by atoms with Crippen LogP contribution in [0.4, 0.5) is 4.39 Å². The molecule has 0 bridgehead atoms. The number of alkyl halides is 1. The maximum absolute atomic E-state index is 11.7. The first-order chi connectivity index (χ1) is 4.88. The summed E-state index contributed by atoms with van der Waals surface area (Å²) in [5, 5.41) is 10.4. The number of aromatic nitrogens is 4. The molecule has 5 nitrogen and oxygen atoms in total. The highest BCUT2D eigenvalue weighted by molar-refractivity contribution is 4.77. The molecule has 1 heterocycles. The number of rotatable bonds is 3. The molecule has 10 heavy (non-hydrogen) atoms. The van der Waals surface area contributed by atoms with Gasteiger partial charge in [-0.1, -0.05) is 0 Å². The van der Waals surface area contributed by atoms with E-state index in [2.05, 4.69) is 15.5 Å². The van der Waals surface area contributed by atoms with Gasteiger partial charge in [-0.25, -0.2) is 9.07 Å². The standard InChI is InChI=1S/C4H8FN5/c5-1-2-10-4(3-6)7-8-9-10/h1-3,6H2. The van der Waals surface area contributed by atoms with Crippen molar-refractivity contribution in [2.75, 3.05) is 6.67 Å². The summed E-state index contributed by atoms with van der Waals surface area (Å²) in [6, 6.07) is 0. The fraction of sp³-hybridized carbons (Fsp3) is 0.750. The smallest absolute Gasteiger partial charge is 0.164 e. The number of halogens is 1. The van der Waals surface area contributed by atoms with Crippen molar-refractivity contribution >= 4 is 0 Å². The second-order valence-electron chi connectivity index (χ2n) is 1.71. The van der Waals surface area contributed by atoms with Crippen molar-refractivity contribution in [2.24, 2.45) is 5.73 Å². The minimum atomic E-state index is -0.474. The molecule has 0 unspecified atom stereocenters. The zero-order valence-electron chi connectivity index (χ0n) is 5.37. The molecule has 1 rings (SSSR count). The molecule has 0 spiro atoms. The van der Waals surface area contributed by atoms with E-state index in [9.17, 15) is 4.39 Å². The van der Waals surface area contributed by atoms with Gasteiger partial charge in [0.15, 0.2) is 5.82 Å². The van der Waals surface area contributed by atoms with E-state index in [-0.39, 0.29) is 13.1 Å². The highest BCUT2D eigenvalue weighted by atomic mass is 19.1. The highest BCUT2D eigenvalue weighted by Gasteiger charge is 2.00. The van der Waals surface area contributed by atoms with Crippen LogP contribution in [-0.4, -0.2) is 26.9 Å². The number of hydrogen-bond donors (Lipinski definition) is 1. The lowest BCUT2D eigenvalue weighted by atomic mass is 10.6. The number of tetrazole rings is 1. The largest absolute Gasteiger partial charge is 0.324 e. The predicted octanol–water partition coefficient (Wildman–Crippen LogP) is -0.899. The second kappa shape index (κ2) is 3.21. The van der Waals surface area contributed by atoms with Crippen LogP contribution in [0.25, 0.3) is 0 Å². The molecule has 2 N–H and O–H groups in total. The number of hydrogen-bond acceptors (Lipinski definition) is 4. The Bertz CT molecular complexity index is 197. The van der Waals surface area contributed by atoms with Gasteiger partial charge in [-0.15, -0.1) is 5.10 Å². The molecule has 1 aromatic heterocycles. The summed E-state index contributed by atoms with van der Waals surface area (Å²) in [5.74, 6) is 0.512. The van der Waals surface area contributed by atoms with E-state index in [4.69, 9.17) is 5.73 Å². The Morgan fingerprint density at radius 2 is 2.40 bits per heavy atom. The SMILES string of the molecule is NCc1nnnn1CCF. The fourth-order valence-corrected chi connectivity index (χ4v) is 0.623. The lowest BCUT2D eigenvalue weighted by Crippen LogP contribution is -2.10. The van der Waals surface area contributed by atoms with Gasteiger partial charge >= 0.3 is 0 Å². The van der Waals surface area contributed by atoms with Crippen molar-refractivity contribution in [3.05, 3.63) is 5.82 Å². The van der Waals surface area contributed by atoms with E-state index in [1.807, 2.05) is 0 Å². The Morgan fingerprint density at radius 1 is 1.60 bits per heavy atom. The van der Waals surface area contributed by atoms with Crippen molar-refractivity contribution in [3.63, 3.8) is 0 Å². The molecule has 0 saturated heterocycles. The molecule has 1 aromatic rings. The van der Waals surface area contributed by atoms with Crippen LogP contribution in [0.5, 0.6) is 0 Å². The van der Waals surface area contributed by atoms with Crippen molar-refractivity contribution < 1.29 is 4.39 Å². The monoisotopic (exact) mass is 145 g/mol. The first-order valence-corrected chi connectivity index (χ1v) is 2.89. The molecule has 0 amide bonds. The van der Waals surface area contributed by atoms with Crippen LogP contribution in [0.3, 0.4) is 0 Å². The fourth-order valence-electron chi connectivity index (χ4n) is 0.623. The summed E-state index contributed by atoms with van der Waals surface area (Å²) < 4.78 is 13.1. The van der Waals surface area contributed by atoms with Gasteiger partial charge in [0.2, 0.25) is 0 Å². The molecule has 0 fully saturated rings. The first-order valence-electron chi connectivity index (χ1n) is 2.89. The Balaban J connectivity index is 2.70. The third-order valence-electron chi connectivity index (χ3n) is 1.08. The van der Waals surface area contributed by atoms with Gasteiger partial charge in [-0.2, -0.15) is 0 Å². The molecule has 0 atom stereocenters. The van der Waals surface area contributed by atoms with E-state index in [1.165, 1.54) is 4.68 Å². The Labute approximate surface area is 57.0 Å². The molecular weight excluding hydrogens is 137 g/mol. The van der Waals surface area contributed by atoms with Crippen molar-refractivity contribution in [3.8, 4) is 0 Å². The second-order valence-corrected chi connectivity index (χ2v) is 1.71. The normalized spacial score (nSPS) is 10.2. The molecule has 6 heteroatoms. The minimum absolute atomic E-state index is 0.180. The summed E-state index contributed by atoms with van der Waals surface area (Å²) in [7, 11) is 0. The maximum atomic E-state index is 11.7. The first kappa shape index (κ1) is 7.07. The van der Waals surface area contributed by atoms with Gasteiger partial charge in [-0.05, 0) is 10.4 Å². The van der Waals surface area contributed by atoms with Gasteiger partial charge in [0.25, 0.3) is 0 Å². The minimum Gasteiger partial charge on any atom is -0.324 e. The third-order valence-corrected chi connectivity index (χ3v) is 1.08. The van der Waals surface area contributed by atoms with E-state index >= 15 is 0 Å². The number of nitrogens with zero attached hydrogens (tertiary/aromatic N) is 4. The Kier molecular flexibility index (Phi) is 2.27. The zero-order chi connectivity index (χ0) is 7.40. The quantitative estimate of drug-likeness (QED) is 0.598. The third kappa shape index (κ3) is 1.27. The van der Waals surface area contributed by atoms with Crippen LogP contribution >= 0.6 is 0 Å². The van der Waals surface area contributed by atoms with Crippen LogP contribution < -0.4 is 5.73 Å². The Morgan fingerprint density at radius 3 is 3.00 bits per heavy atom. The lowest BCUT2D eigenvalue weighted by Gasteiger charge is -1.95. The van der Waals surface area contributed by atoms with E-state index < -0.39 is 6.67 Å². The van der Waals surface area contributed by atoms with Crippen molar-refractivity contribution in [1.82, 2.24) is 20.2 Å². The van der Waals surface area contributed by atoms with Gasteiger partial charge < -0.3 is 5.73 Å². The topological polar surface area (TPSA) is 69.6 Å². The summed E-state index contributed by atoms with van der Waals surface area (Å²) in [6.45, 7) is -0.0510. The van der Waals surface area contributed by atoms with Crippen LogP contribution in [-0.2, 0) is 13.1 Å². The molecule has 0 aliphatic carbocycles. The van der Waals surface area contributed by atoms with Crippen molar-refractivity contribution in [2.45, 2.75) is 13.1 Å². The summed E-state index contributed by atoms with van der Waals surface area (Å²) in [6.07, 6.45) is 0. The summed E-state index contributed by atoms with van der Waals surface area (Å²) in [5.41, 5.74) is 5.24. The molecule has 56 valence electrons. The van der Waals surface area contributed by atoms with Gasteiger partial charge in [-0.3, -0.25) is 0 Å². The average molecular weight is 145 g/mol.